The first-order valence-electron chi connectivity index (χ1n) is 6.89. The van der Waals surface area contributed by atoms with Gasteiger partial charge in [-0.05, 0) is 11.8 Å². The van der Waals surface area contributed by atoms with E-state index in [1.165, 1.54) is 0 Å². The van der Waals surface area contributed by atoms with Gasteiger partial charge in [0.05, 0.1) is 5.92 Å². The smallest absolute Gasteiger partial charge is 0.471 e. The van der Waals surface area contributed by atoms with E-state index in [2.05, 4.69) is 0 Å². The second kappa shape index (κ2) is 5.61. The normalized spacial score (nSPS) is 28.6. The molecule has 1 N–H and O–H groups in total. The van der Waals surface area contributed by atoms with E-state index in [0.717, 1.165) is 32.1 Å². The Morgan fingerprint density at radius 1 is 1.05 bits per heavy atom. The molecule has 1 aliphatic heterocycles. The molecule has 0 spiro atoms. The van der Waals surface area contributed by atoms with Crippen LogP contribution in [0.25, 0.3) is 0 Å². The van der Waals surface area contributed by atoms with Gasteiger partial charge in [0.25, 0.3) is 0 Å². The van der Waals surface area contributed by atoms with Crippen molar-refractivity contribution in [2.75, 3.05) is 13.1 Å². The van der Waals surface area contributed by atoms with E-state index in [1.807, 2.05) is 0 Å². The van der Waals surface area contributed by atoms with E-state index in [0.29, 0.717) is 4.90 Å². The van der Waals surface area contributed by atoms with Crippen molar-refractivity contribution in [1.29, 1.82) is 0 Å². The molecule has 7 heteroatoms. The predicted octanol–water partition coefficient (Wildman–Crippen LogP) is 2.29. The number of carbonyl (C=O) groups is 2. The highest BCUT2D eigenvalue weighted by atomic mass is 19.4. The SMILES string of the molecule is O=C(O)[C@@H]1CN(C(=O)C(F)(F)F)C[C@H]1C1CCCCC1. The fourth-order valence-electron chi connectivity index (χ4n) is 3.48. The zero-order valence-corrected chi connectivity index (χ0v) is 11.0. The van der Waals surface area contributed by atoms with Crippen molar-refractivity contribution >= 4 is 11.9 Å². The average molecular weight is 293 g/mol. The van der Waals surface area contributed by atoms with E-state index >= 15 is 0 Å². The Labute approximate surface area is 114 Å². The molecule has 0 bridgehead atoms. The van der Waals surface area contributed by atoms with Crippen molar-refractivity contribution in [2.45, 2.75) is 38.3 Å². The fraction of sp³-hybridized carbons (Fsp3) is 0.846. The summed E-state index contributed by atoms with van der Waals surface area (Å²) < 4.78 is 37.4. The summed E-state index contributed by atoms with van der Waals surface area (Å²) in [5.74, 6) is -4.11. The van der Waals surface area contributed by atoms with Gasteiger partial charge in [0.15, 0.2) is 0 Å². The minimum Gasteiger partial charge on any atom is -0.481 e. The van der Waals surface area contributed by atoms with E-state index in [4.69, 9.17) is 0 Å². The Morgan fingerprint density at radius 2 is 1.65 bits per heavy atom. The summed E-state index contributed by atoms with van der Waals surface area (Å²) in [6.45, 7) is -0.408. The second-order valence-corrected chi connectivity index (χ2v) is 5.71. The molecular formula is C13H18F3NO3. The van der Waals surface area contributed by atoms with Gasteiger partial charge in [0.1, 0.15) is 0 Å². The lowest BCUT2D eigenvalue weighted by molar-refractivity contribution is -0.184. The van der Waals surface area contributed by atoms with E-state index in [1.54, 1.807) is 0 Å². The number of alkyl halides is 3. The number of carbonyl (C=O) groups excluding carboxylic acids is 1. The van der Waals surface area contributed by atoms with Crippen LogP contribution in [0.2, 0.25) is 0 Å². The Morgan fingerprint density at radius 3 is 2.15 bits per heavy atom. The molecule has 1 saturated heterocycles. The van der Waals surface area contributed by atoms with Crippen molar-refractivity contribution in [1.82, 2.24) is 4.90 Å². The molecule has 0 unspecified atom stereocenters. The number of hydrogen-bond donors (Lipinski definition) is 1. The summed E-state index contributed by atoms with van der Waals surface area (Å²) in [4.78, 5) is 23.2. The maximum absolute atomic E-state index is 12.5. The van der Waals surface area contributed by atoms with Crippen LogP contribution in [0, 0.1) is 17.8 Å². The van der Waals surface area contributed by atoms with Gasteiger partial charge < -0.3 is 10.0 Å². The summed E-state index contributed by atoms with van der Waals surface area (Å²) in [6.07, 6.45) is -0.164. The van der Waals surface area contributed by atoms with Gasteiger partial charge in [-0.15, -0.1) is 0 Å². The lowest BCUT2D eigenvalue weighted by Crippen LogP contribution is -2.40. The summed E-state index contributed by atoms with van der Waals surface area (Å²) in [6, 6.07) is 0. The molecule has 1 saturated carbocycles. The molecule has 1 aliphatic carbocycles. The quantitative estimate of drug-likeness (QED) is 0.850. The third-order valence-corrected chi connectivity index (χ3v) is 4.47. The summed E-state index contributed by atoms with van der Waals surface area (Å²) >= 11 is 0. The number of rotatable bonds is 2. The third-order valence-electron chi connectivity index (χ3n) is 4.47. The zero-order valence-electron chi connectivity index (χ0n) is 11.0. The minimum absolute atomic E-state index is 0.0834. The van der Waals surface area contributed by atoms with Crippen molar-refractivity contribution in [2.24, 2.45) is 17.8 Å². The van der Waals surface area contributed by atoms with Crippen LogP contribution in [0.3, 0.4) is 0 Å². The van der Waals surface area contributed by atoms with E-state index < -0.39 is 24.0 Å². The number of carboxylic acids is 1. The maximum atomic E-state index is 12.5. The van der Waals surface area contributed by atoms with Crippen molar-refractivity contribution in [3.8, 4) is 0 Å². The molecule has 114 valence electrons. The van der Waals surface area contributed by atoms with Gasteiger partial charge in [0, 0.05) is 13.1 Å². The number of hydrogen-bond acceptors (Lipinski definition) is 2. The molecule has 2 aliphatic rings. The highest BCUT2D eigenvalue weighted by Gasteiger charge is 2.50. The van der Waals surface area contributed by atoms with Crippen LogP contribution in [-0.4, -0.2) is 41.1 Å². The molecule has 1 heterocycles. The van der Waals surface area contributed by atoms with Gasteiger partial charge in [-0.2, -0.15) is 13.2 Å². The molecule has 2 atom stereocenters. The van der Waals surface area contributed by atoms with Crippen molar-refractivity contribution in [3.63, 3.8) is 0 Å². The van der Waals surface area contributed by atoms with Gasteiger partial charge in [-0.1, -0.05) is 32.1 Å². The molecule has 2 rings (SSSR count). The Bertz CT molecular complexity index is 391. The molecule has 0 aromatic carbocycles. The molecule has 0 radical (unpaired) electrons. The highest BCUT2D eigenvalue weighted by Crippen LogP contribution is 2.39. The fourth-order valence-corrected chi connectivity index (χ4v) is 3.48. The Balaban J connectivity index is 2.10. The molecule has 20 heavy (non-hydrogen) atoms. The van der Waals surface area contributed by atoms with Gasteiger partial charge >= 0.3 is 18.1 Å². The highest BCUT2D eigenvalue weighted by molar-refractivity contribution is 5.83. The maximum Gasteiger partial charge on any atom is 0.471 e. The second-order valence-electron chi connectivity index (χ2n) is 5.71. The van der Waals surface area contributed by atoms with Crippen LogP contribution >= 0.6 is 0 Å². The zero-order chi connectivity index (χ0) is 14.9. The third kappa shape index (κ3) is 3.07. The molecular weight excluding hydrogens is 275 g/mol. The molecule has 1 amide bonds. The number of amides is 1. The monoisotopic (exact) mass is 293 g/mol. The van der Waals surface area contributed by atoms with Crippen LogP contribution in [0.1, 0.15) is 32.1 Å². The summed E-state index contributed by atoms with van der Waals surface area (Å²) in [5, 5.41) is 9.20. The number of nitrogens with zero attached hydrogens (tertiary/aromatic N) is 1. The van der Waals surface area contributed by atoms with Gasteiger partial charge in [-0.3, -0.25) is 9.59 Å². The molecule has 4 nitrogen and oxygen atoms in total. The Hall–Kier alpha value is -1.27. The molecule has 0 aromatic heterocycles. The van der Waals surface area contributed by atoms with Gasteiger partial charge in [-0.25, -0.2) is 0 Å². The van der Waals surface area contributed by atoms with Crippen LogP contribution in [-0.2, 0) is 9.59 Å². The molecule has 2 fully saturated rings. The lowest BCUT2D eigenvalue weighted by Gasteiger charge is -2.29. The Kier molecular flexibility index (Phi) is 4.25. The van der Waals surface area contributed by atoms with Crippen molar-refractivity contribution in [3.05, 3.63) is 0 Å². The lowest BCUT2D eigenvalue weighted by atomic mass is 9.75. The molecule has 0 aromatic rings. The topological polar surface area (TPSA) is 57.6 Å². The van der Waals surface area contributed by atoms with Crippen LogP contribution in [0.5, 0.6) is 0 Å². The summed E-state index contributed by atoms with van der Waals surface area (Å²) in [5.41, 5.74) is 0. The van der Waals surface area contributed by atoms with E-state index in [9.17, 15) is 27.9 Å². The first kappa shape index (κ1) is 15.1. The van der Waals surface area contributed by atoms with Crippen LogP contribution in [0.4, 0.5) is 13.2 Å². The van der Waals surface area contributed by atoms with Crippen LogP contribution in [0.15, 0.2) is 0 Å². The van der Waals surface area contributed by atoms with Crippen molar-refractivity contribution < 1.29 is 27.9 Å². The number of halogens is 3. The first-order valence-corrected chi connectivity index (χ1v) is 6.89. The van der Waals surface area contributed by atoms with Crippen LogP contribution < -0.4 is 0 Å². The number of aliphatic carboxylic acids is 1. The first-order chi connectivity index (χ1) is 9.30. The van der Waals surface area contributed by atoms with Gasteiger partial charge in [0.2, 0.25) is 0 Å². The average Bonchev–Trinajstić information content (AvgIpc) is 2.82. The summed E-state index contributed by atoms with van der Waals surface area (Å²) in [7, 11) is 0. The standard InChI is InChI=1S/C13H18F3NO3/c14-13(15,16)12(20)17-6-9(10(7-17)11(18)19)8-4-2-1-3-5-8/h8-10H,1-7H2,(H,18,19)/t9-,10+/m0/s1. The number of likely N-dealkylation sites (tertiary alicyclic amines) is 1. The minimum atomic E-state index is -4.93. The largest absolute Gasteiger partial charge is 0.481 e. The predicted molar refractivity (Wildman–Crippen MR) is 63.8 cm³/mol. The van der Waals surface area contributed by atoms with E-state index in [-0.39, 0.29) is 24.9 Å². The number of carboxylic acid groups (broad SMARTS) is 1.